The fourth-order valence-corrected chi connectivity index (χ4v) is 3.70. The van der Waals surface area contributed by atoms with E-state index in [1.54, 1.807) is 0 Å². The number of aryl methyl sites for hydroxylation is 2. The Morgan fingerprint density at radius 3 is 2.95 bits per heavy atom. The summed E-state index contributed by atoms with van der Waals surface area (Å²) in [5.41, 5.74) is 4.28. The zero-order chi connectivity index (χ0) is 13.3. The van der Waals surface area contributed by atoms with Crippen molar-refractivity contribution in [2.45, 2.75) is 31.1 Å². The van der Waals surface area contributed by atoms with Gasteiger partial charge in [0.1, 0.15) is 0 Å². The van der Waals surface area contributed by atoms with Gasteiger partial charge in [0.2, 0.25) is 0 Å². The summed E-state index contributed by atoms with van der Waals surface area (Å²) in [5.74, 6) is 0.679. The summed E-state index contributed by atoms with van der Waals surface area (Å²) >= 11 is 6.39. The van der Waals surface area contributed by atoms with Gasteiger partial charge in [-0.05, 0) is 42.4 Å². The molecular formula is C16H19ClN2. The van der Waals surface area contributed by atoms with E-state index in [1.165, 1.54) is 36.0 Å². The molecule has 1 aromatic carbocycles. The van der Waals surface area contributed by atoms with Gasteiger partial charge in [0.05, 0.1) is 6.20 Å². The quantitative estimate of drug-likeness (QED) is 0.784. The van der Waals surface area contributed by atoms with Crippen molar-refractivity contribution in [3.8, 4) is 0 Å². The summed E-state index contributed by atoms with van der Waals surface area (Å²) in [4.78, 5) is 0. The molecule has 0 saturated carbocycles. The molecule has 1 heterocycles. The number of hydrogen-bond acceptors (Lipinski definition) is 1. The molecule has 0 aliphatic heterocycles. The van der Waals surface area contributed by atoms with E-state index in [9.17, 15) is 0 Å². The van der Waals surface area contributed by atoms with E-state index in [-0.39, 0.29) is 5.41 Å². The predicted octanol–water partition coefficient (Wildman–Crippen LogP) is 3.48. The Morgan fingerprint density at radius 2 is 2.21 bits per heavy atom. The number of hydrogen-bond donors (Lipinski definition) is 0. The summed E-state index contributed by atoms with van der Waals surface area (Å²) in [5, 5.41) is 4.28. The third-order valence-corrected chi connectivity index (χ3v) is 4.76. The second kappa shape index (κ2) is 5.01. The largest absolute Gasteiger partial charge is 0.276 e. The molecule has 1 aliphatic rings. The van der Waals surface area contributed by atoms with Crippen molar-refractivity contribution in [1.29, 1.82) is 0 Å². The molecule has 0 amide bonds. The predicted molar refractivity (Wildman–Crippen MR) is 78.7 cm³/mol. The SMILES string of the molecule is Cn1cc(CC2(CCl)CCCc3ccccc32)cn1. The van der Waals surface area contributed by atoms with Crippen molar-refractivity contribution in [2.75, 3.05) is 5.88 Å². The lowest BCUT2D eigenvalue weighted by Gasteiger charge is -2.37. The van der Waals surface area contributed by atoms with Crippen LogP contribution in [0.3, 0.4) is 0 Å². The van der Waals surface area contributed by atoms with E-state index >= 15 is 0 Å². The Morgan fingerprint density at radius 1 is 1.37 bits per heavy atom. The molecule has 1 atom stereocenters. The number of halogens is 1. The van der Waals surface area contributed by atoms with Crippen LogP contribution in [0, 0.1) is 0 Å². The minimum absolute atomic E-state index is 0.0828. The molecule has 0 N–H and O–H groups in total. The van der Waals surface area contributed by atoms with Crippen molar-refractivity contribution in [1.82, 2.24) is 9.78 Å². The lowest BCUT2D eigenvalue weighted by atomic mass is 9.68. The summed E-state index contributed by atoms with van der Waals surface area (Å²) in [6.45, 7) is 0. The van der Waals surface area contributed by atoms with Gasteiger partial charge in [0.25, 0.3) is 0 Å². The van der Waals surface area contributed by atoms with Crippen LogP contribution in [0.4, 0.5) is 0 Å². The number of rotatable bonds is 3. The summed E-state index contributed by atoms with van der Waals surface area (Å²) in [7, 11) is 1.96. The average Bonchev–Trinajstić information content (AvgIpc) is 2.84. The van der Waals surface area contributed by atoms with Crippen molar-refractivity contribution >= 4 is 11.6 Å². The highest BCUT2D eigenvalue weighted by Gasteiger charge is 2.36. The third kappa shape index (κ3) is 2.30. The van der Waals surface area contributed by atoms with E-state index in [1.807, 2.05) is 17.9 Å². The van der Waals surface area contributed by atoms with Gasteiger partial charge in [0, 0.05) is 24.5 Å². The molecule has 19 heavy (non-hydrogen) atoms. The highest BCUT2D eigenvalue weighted by Crippen LogP contribution is 2.40. The van der Waals surface area contributed by atoms with E-state index < -0.39 is 0 Å². The van der Waals surface area contributed by atoms with Gasteiger partial charge in [-0.2, -0.15) is 5.10 Å². The smallest absolute Gasteiger partial charge is 0.0521 e. The summed E-state index contributed by atoms with van der Waals surface area (Å²) in [6, 6.07) is 8.77. The Kier molecular flexibility index (Phi) is 3.36. The molecule has 0 fully saturated rings. The van der Waals surface area contributed by atoms with Crippen molar-refractivity contribution in [3.63, 3.8) is 0 Å². The van der Waals surface area contributed by atoms with Crippen LogP contribution in [-0.2, 0) is 25.3 Å². The molecule has 100 valence electrons. The first-order chi connectivity index (χ1) is 9.23. The first-order valence-electron chi connectivity index (χ1n) is 6.85. The monoisotopic (exact) mass is 274 g/mol. The van der Waals surface area contributed by atoms with E-state index in [0.717, 1.165) is 6.42 Å². The lowest BCUT2D eigenvalue weighted by Crippen LogP contribution is -2.35. The number of benzene rings is 1. The van der Waals surface area contributed by atoms with Gasteiger partial charge in [-0.15, -0.1) is 11.6 Å². The zero-order valence-electron chi connectivity index (χ0n) is 11.3. The number of aromatic nitrogens is 2. The van der Waals surface area contributed by atoms with Crippen LogP contribution in [0.1, 0.15) is 29.5 Å². The number of alkyl halides is 1. The average molecular weight is 275 g/mol. The van der Waals surface area contributed by atoms with Gasteiger partial charge >= 0.3 is 0 Å². The highest BCUT2D eigenvalue weighted by atomic mass is 35.5. The van der Waals surface area contributed by atoms with Crippen molar-refractivity contribution < 1.29 is 0 Å². The van der Waals surface area contributed by atoms with Crippen LogP contribution in [-0.4, -0.2) is 15.7 Å². The first kappa shape index (κ1) is 12.7. The molecule has 2 aromatic rings. The lowest BCUT2D eigenvalue weighted by molar-refractivity contribution is 0.396. The molecule has 1 aromatic heterocycles. The summed E-state index contributed by atoms with van der Waals surface area (Å²) < 4.78 is 1.87. The highest BCUT2D eigenvalue weighted by molar-refractivity contribution is 6.18. The fourth-order valence-electron chi connectivity index (χ4n) is 3.33. The minimum atomic E-state index is 0.0828. The normalized spacial score (nSPS) is 22.2. The summed E-state index contributed by atoms with van der Waals surface area (Å²) in [6.07, 6.45) is 8.63. The second-order valence-electron chi connectivity index (χ2n) is 5.62. The Hall–Kier alpha value is -1.28. The Bertz CT molecular complexity index is 576. The van der Waals surface area contributed by atoms with Gasteiger partial charge in [-0.1, -0.05) is 24.3 Å². The second-order valence-corrected chi connectivity index (χ2v) is 5.89. The maximum Gasteiger partial charge on any atom is 0.0521 e. The molecule has 3 heteroatoms. The van der Waals surface area contributed by atoms with Gasteiger partial charge in [0.15, 0.2) is 0 Å². The molecule has 0 saturated heterocycles. The van der Waals surface area contributed by atoms with Crippen LogP contribution in [0.25, 0.3) is 0 Å². The topological polar surface area (TPSA) is 17.8 Å². The molecular weight excluding hydrogens is 256 g/mol. The molecule has 1 unspecified atom stereocenters. The first-order valence-corrected chi connectivity index (χ1v) is 7.39. The van der Waals surface area contributed by atoms with E-state index in [0.29, 0.717) is 5.88 Å². The minimum Gasteiger partial charge on any atom is -0.276 e. The van der Waals surface area contributed by atoms with Gasteiger partial charge in [-0.25, -0.2) is 0 Å². The maximum absolute atomic E-state index is 6.39. The zero-order valence-corrected chi connectivity index (χ0v) is 12.0. The van der Waals surface area contributed by atoms with Crippen LogP contribution >= 0.6 is 11.6 Å². The Balaban J connectivity index is 2.00. The molecule has 1 aliphatic carbocycles. The third-order valence-electron chi connectivity index (χ3n) is 4.25. The van der Waals surface area contributed by atoms with E-state index in [2.05, 4.69) is 35.6 Å². The standard InChI is InChI=1S/C16H19ClN2/c1-19-11-13(10-18-19)9-16(12-17)8-4-6-14-5-2-3-7-15(14)16/h2-3,5,7,10-11H,4,6,8-9,12H2,1H3. The fraction of sp³-hybridized carbons (Fsp3) is 0.438. The van der Waals surface area contributed by atoms with Crippen LogP contribution in [0.15, 0.2) is 36.7 Å². The number of fused-ring (bicyclic) bond motifs is 1. The molecule has 2 nitrogen and oxygen atoms in total. The maximum atomic E-state index is 6.39. The van der Waals surface area contributed by atoms with Crippen LogP contribution < -0.4 is 0 Å². The molecule has 3 rings (SSSR count). The van der Waals surface area contributed by atoms with Gasteiger partial charge < -0.3 is 0 Å². The van der Waals surface area contributed by atoms with E-state index in [4.69, 9.17) is 11.6 Å². The van der Waals surface area contributed by atoms with Crippen molar-refractivity contribution in [2.24, 2.45) is 7.05 Å². The Labute approximate surface area is 119 Å². The molecule has 0 radical (unpaired) electrons. The van der Waals surface area contributed by atoms with Gasteiger partial charge in [-0.3, -0.25) is 4.68 Å². The van der Waals surface area contributed by atoms with Crippen LogP contribution in [0.2, 0.25) is 0 Å². The number of nitrogens with zero attached hydrogens (tertiary/aromatic N) is 2. The molecule has 0 bridgehead atoms. The van der Waals surface area contributed by atoms with Crippen LogP contribution in [0.5, 0.6) is 0 Å². The van der Waals surface area contributed by atoms with Crippen molar-refractivity contribution in [3.05, 3.63) is 53.3 Å². The molecule has 0 spiro atoms.